The fourth-order valence-corrected chi connectivity index (χ4v) is 4.75. The predicted molar refractivity (Wildman–Crippen MR) is 109 cm³/mol. The lowest BCUT2D eigenvalue weighted by Crippen LogP contribution is -2.14. The average molecular weight is 466 g/mol. The maximum atomic E-state index is 14.1. The molecule has 144 valence electrons. The summed E-state index contributed by atoms with van der Waals surface area (Å²) >= 11 is 3.05. The van der Waals surface area contributed by atoms with E-state index in [1.807, 2.05) is 48.5 Å². The number of nitrogens with zero attached hydrogens (tertiary/aromatic N) is 1. The fourth-order valence-electron chi connectivity index (χ4n) is 3.41. The molecule has 0 saturated heterocycles. The first-order valence-electron chi connectivity index (χ1n) is 8.38. The molecule has 2 N–H and O–H groups in total. The van der Waals surface area contributed by atoms with Crippen LogP contribution in [0.2, 0.25) is 0 Å². The van der Waals surface area contributed by atoms with Crippen LogP contribution in [0.1, 0.15) is 11.1 Å². The van der Waals surface area contributed by atoms with Crippen LogP contribution < -0.4 is 0 Å². The van der Waals surface area contributed by atoms with Crippen molar-refractivity contribution in [3.8, 4) is 0 Å². The predicted octanol–water partition coefficient (Wildman–Crippen LogP) is 5.83. The van der Waals surface area contributed by atoms with E-state index in [2.05, 4.69) is 20.5 Å². The topological polar surface area (TPSA) is 62.5 Å². The second kappa shape index (κ2) is 6.78. The Balaban J connectivity index is 1.80. The molecule has 0 amide bonds. The maximum Gasteiger partial charge on any atom is 0.399 e. The second-order valence-electron chi connectivity index (χ2n) is 6.52. The molecule has 0 aliphatic carbocycles. The monoisotopic (exact) mass is 465 g/mol. The Morgan fingerprint density at radius 2 is 1.46 bits per heavy atom. The van der Waals surface area contributed by atoms with Gasteiger partial charge in [0.1, 0.15) is 0 Å². The van der Waals surface area contributed by atoms with Crippen molar-refractivity contribution in [2.45, 2.75) is 12.2 Å². The summed E-state index contributed by atoms with van der Waals surface area (Å²) in [5.74, 6) is 0. The highest BCUT2D eigenvalue weighted by Crippen LogP contribution is 2.60. The van der Waals surface area contributed by atoms with Crippen LogP contribution in [0.25, 0.3) is 21.8 Å². The van der Waals surface area contributed by atoms with Crippen LogP contribution in [0, 0.1) is 0 Å². The molecule has 0 aliphatic rings. The van der Waals surface area contributed by atoms with Gasteiger partial charge in [-0.1, -0.05) is 64.5 Å². The average Bonchev–Trinajstić information content (AvgIpc) is 2.95. The molecule has 0 fully saturated rings. The largest absolute Gasteiger partial charge is 0.399 e. The molecule has 28 heavy (non-hydrogen) atoms. The maximum absolute atomic E-state index is 14.1. The van der Waals surface area contributed by atoms with E-state index in [0.29, 0.717) is 6.54 Å². The van der Waals surface area contributed by atoms with Crippen LogP contribution in [0.5, 0.6) is 0 Å². The zero-order valence-corrected chi connectivity index (χ0v) is 16.9. The number of hydrogen-bond acceptors (Lipinski definition) is 1. The van der Waals surface area contributed by atoms with Crippen molar-refractivity contribution in [3.63, 3.8) is 0 Å². The zero-order valence-electron chi connectivity index (χ0n) is 14.4. The standard InChI is InChI=1S/C20H15BrF2NO3P/c21-17-11-13(9-10-16(17)20(22,23)28(25,26)27)12-24-18-7-3-1-5-14(18)15-6-2-4-8-19(15)24/h1-11H,12H2,(H2,25,26,27). The van der Waals surface area contributed by atoms with Gasteiger partial charge in [0.2, 0.25) is 0 Å². The molecule has 0 radical (unpaired) electrons. The molecule has 0 saturated carbocycles. The quantitative estimate of drug-likeness (QED) is 0.372. The molecule has 4 nitrogen and oxygen atoms in total. The lowest BCUT2D eigenvalue weighted by atomic mass is 10.1. The first kappa shape index (κ1) is 19.3. The molecule has 1 heterocycles. The highest BCUT2D eigenvalue weighted by Gasteiger charge is 2.51. The van der Waals surface area contributed by atoms with Gasteiger partial charge in [0.05, 0.1) is 0 Å². The number of fused-ring (bicyclic) bond motifs is 3. The van der Waals surface area contributed by atoms with E-state index in [0.717, 1.165) is 33.4 Å². The summed E-state index contributed by atoms with van der Waals surface area (Å²) < 4.78 is 41.3. The highest BCUT2D eigenvalue weighted by atomic mass is 79.9. The molecule has 1 aromatic heterocycles. The third-order valence-electron chi connectivity index (χ3n) is 4.74. The van der Waals surface area contributed by atoms with Gasteiger partial charge >= 0.3 is 13.3 Å². The van der Waals surface area contributed by atoms with Crippen molar-refractivity contribution in [2.75, 3.05) is 0 Å². The molecular formula is C20H15BrF2NO3P. The van der Waals surface area contributed by atoms with E-state index < -0.39 is 18.8 Å². The van der Waals surface area contributed by atoms with Crippen molar-refractivity contribution < 1.29 is 23.1 Å². The van der Waals surface area contributed by atoms with E-state index in [4.69, 9.17) is 9.79 Å². The van der Waals surface area contributed by atoms with Crippen LogP contribution in [0.4, 0.5) is 8.78 Å². The minimum atomic E-state index is -5.62. The van der Waals surface area contributed by atoms with Gasteiger partial charge in [-0.15, -0.1) is 0 Å². The SMILES string of the molecule is O=P(O)(O)C(F)(F)c1ccc(Cn2c3ccccc3c3ccccc32)cc1Br. The zero-order chi connectivity index (χ0) is 20.1. The third-order valence-corrected chi connectivity index (χ3v) is 6.37. The van der Waals surface area contributed by atoms with Crippen molar-refractivity contribution in [2.24, 2.45) is 0 Å². The summed E-state index contributed by atoms with van der Waals surface area (Å²) in [5, 5.41) is 2.20. The molecule has 0 aliphatic heterocycles. The molecule has 3 aromatic carbocycles. The number of para-hydroxylation sites is 2. The normalized spacial score (nSPS) is 12.8. The Bertz CT molecular complexity index is 1200. The Morgan fingerprint density at radius 1 is 0.929 bits per heavy atom. The number of alkyl halides is 2. The van der Waals surface area contributed by atoms with Gasteiger partial charge in [-0.2, -0.15) is 8.78 Å². The van der Waals surface area contributed by atoms with E-state index >= 15 is 0 Å². The summed E-state index contributed by atoms with van der Waals surface area (Å²) in [5.41, 5.74) is -2.22. The minimum Gasteiger partial charge on any atom is -0.336 e. The number of aromatic nitrogens is 1. The minimum absolute atomic E-state index is 0.0425. The molecule has 8 heteroatoms. The molecule has 0 atom stereocenters. The first-order valence-corrected chi connectivity index (χ1v) is 10.8. The Morgan fingerprint density at radius 3 is 1.96 bits per heavy atom. The third kappa shape index (κ3) is 3.08. The van der Waals surface area contributed by atoms with Crippen molar-refractivity contribution in [3.05, 3.63) is 82.3 Å². The first-order chi connectivity index (χ1) is 13.2. The Hall–Kier alpha value is -2.05. The summed E-state index contributed by atoms with van der Waals surface area (Å²) in [6.07, 6.45) is 0. The number of halogens is 3. The van der Waals surface area contributed by atoms with Crippen LogP contribution in [0.15, 0.2) is 71.2 Å². The van der Waals surface area contributed by atoms with E-state index in [9.17, 15) is 13.3 Å². The van der Waals surface area contributed by atoms with Gasteiger partial charge in [-0.25, -0.2) is 0 Å². The van der Waals surface area contributed by atoms with Crippen LogP contribution >= 0.6 is 23.5 Å². The summed E-state index contributed by atoms with van der Waals surface area (Å²) in [6.45, 7) is 0.425. The van der Waals surface area contributed by atoms with Gasteiger partial charge in [0.25, 0.3) is 0 Å². The van der Waals surface area contributed by atoms with E-state index in [1.54, 1.807) is 0 Å². The summed E-state index contributed by atoms with van der Waals surface area (Å²) in [4.78, 5) is 17.9. The van der Waals surface area contributed by atoms with Crippen LogP contribution in [-0.4, -0.2) is 14.4 Å². The summed E-state index contributed by atoms with van der Waals surface area (Å²) in [6, 6.07) is 19.9. The van der Waals surface area contributed by atoms with E-state index in [1.165, 1.54) is 12.1 Å². The molecule has 0 spiro atoms. The van der Waals surface area contributed by atoms with Crippen molar-refractivity contribution in [1.29, 1.82) is 0 Å². The number of benzene rings is 3. The van der Waals surface area contributed by atoms with Crippen LogP contribution in [-0.2, 0) is 16.8 Å². The number of rotatable bonds is 4. The van der Waals surface area contributed by atoms with Gasteiger partial charge in [0, 0.05) is 38.4 Å². The van der Waals surface area contributed by atoms with Gasteiger partial charge in [-0.05, 0) is 23.8 Å². The Kier molecular flexibility index (Phi) is 4.67. The molecule has 0 unspecified atom stereocenters. The second-order valence-corrected chi connectivity index (χ2v) is 9.02. The summed E-state index contributed by atoms with van der Waals surface area (Å²) in [7, 11) is -5.62. The lowest BCUT2D eigenvalue weighted by Gasteiger charge is -2.20. The van der Waals surface area contributed by atoms with Crippen molar-refractivity contribution >= 4 is 45.3 Å². The Labute approximate surface area is 167 Å². The molecule has 4 rings (SSSR count). The molecular weight excluding hydrogens is 451 g/mol. The highest BCUT2D eigenvalue weighted by molar-refractivity contribution is 9.10. The molecule has 0 bridgehead atoms. The van der Waals surface area contributed by atoms with Crippen molar-refractivity contribution in [1.82, 2.24) is 4.57 Å². The van der Waals surface area contributed by atoms with E-state index in [-0.39, 0.29) is 4.47 Å². The van der Waals surface area contributed by atoms with Crippen LogP contribution in [0.3, 0.4) is 0 Å². The molecule has 4 aromatic rings. The smallest absolute Gasteiger partial charge is 0.336 e. The van der Waals surface area contributed by atoms with Gasteiger partial charge < -0.3 is 14.4 Å². The lowest BCUT2D eigenvalue weighted by molar-refractivity contribution is 0.0557. The van der Waals surface area contributed by atoms with Gasteiger partial charge in [0.15, 0.2) is 0 Å². The van der Waals surface area contributed by atoms with Gasteiger partial charge in [-0.3, -0.25) is 4.57 Å². The fraction of sp³-hybridized carbons (Fsp3) is 0.100. The number of hydrogen-bond donors (Lipinski definition) is 2.